The van der Waals surface area contributed by atoms with Crippen LogP contribution in [-0.4, -0.2) is 59.1 Å². The Morgan fingerprint density at radius 3 is 2.56 bits per heavy atom. The van der Waals surface area contributed by atoms with Gasteiger partial charge in [-0.15, -0.1) is 0 Å². The van der Waals surface area contributed by atoms with Crippen LogP contribution in [-0.2, 0) is 4.79 Å². The van der Waals surface area contributed by atoms with Crippen molar-refractivity contribution in [2.45, 2.75) is 31.7 Å². The molecule has 2 aliphatic heterocycles. The van der Waals surface area contributed by atoms with Gasteiger partial charge in [-0.1, -0.05) is 0 Å². The summed E-state index contributed by atoms with van der Waals surface area (Å²) in [5, 5.41) is 8.75. The Kier molecular flexibility index (Phi) is 4.06. The van der Waals surface area contributed by atoms with Gasteiger partial charge in [0.2, 0.25) is 0 Å². The molecule has 0 saturated carbocycles. The van der Waals surface area contributed by atoms with E-state index < -0.39 is 5.97 Å². The maximum absolute atomic E-state index is 12.2. The summed E-state index contributed by atoms with van der Waals surface area (Å²) in [6, 6.07) is 0.109. The second-order valence-electron chi connectivity index (χ2n) is 5.33. The number of carboxylic acid groups (broad SMARTS) is 1. The summed E-state index contributed by atoms with van der Waals surface area (Å²) in [4.78, 5) is 26.4. The third kappa shape index (κ3) is 3.13. The van der Waals surface area contributed by atoms with Crippen molar-refractivity contribution in [3.8, 4) is 0 Å². The molecule has 0 aromatic carbocycles. The van der Waals surface area contributed by atoms with E-state index in [9.17, 15) is 9.59 Å². The van der Waals surface area contributed by atoms with Gasteiger partial charge >= 0.3 is 12.0 Å². The summed E-state index contributed by atoms with van der Waals surface area (Å²) < 4.78 is 0. The van der Waals surface area contributed by atoms with Crippen LogP contribution >= 0.6 is 0 Å². The lowest BCUT2D eigenvalue weighted by atomic mass is 10.1. The van der Waals surface area contributed by atoms with Gasteiger partial charge in [0.25, 0.3) is 0 Å². The molecule has 2 heterocycles. The number of likely N-dealkylation sites (tertiary alicyclic amines) is 2. The van der Waals surface area contributed by atoms with Gasteiger partial charge in [0.15, 0.2) is 0 Å². The predicted molar refractivity (Wildman–Crippen MR) is 66.1 cm³/mol. The van der Waals surface area contributed by atoms with Crippen molar-refractivity contribution >= 4 is 12.0 Å². The monoisotopic (exact) mass is 255 g/mol. The van der Waals surface area contributed by atoms with Crippen molar-refractivity contribution in [2.24, 2.45) is 11.7 Å². The highest BCUT2D eigenvalue weighted by atomic mass is 16.4. The first-order chi connectivity index (χ1) is 8.56. The molecule has 2 saturated heterocycles. The fourth-order valence-electron chi connectivity index (χ4n) is 2.80. The van der Waals surface area contributed by atoms with Crippen LogP contribution in [0.2, 0.25) is 0 Å². The topological polar surface area (TPSA) is 86.9 Å². The summed E-state index contributed by atoms with van der Waals surface area (Å²) >= 11 is 0. The molecule has 2 fully saturated rings. The van der Waals surface area contributed by atoms with Crippen molar-refractivity contribution in [1.29, 1.82) is 0 Å². The van der Waals surface area contributed by atoms with Gasteiger partial charge in [0.05, 0.1) is 0 Å². The molecule has 3 N–H and O–H groups in total. The minimum absolute atomic E-state index is 0.0260. The van der Waals surface area contributed by atoms with Crippen LogP contribution < -0.4 is 5.73 Å². The van der Waals surface area contributed by atoms with Crippen molar-refractivity contribution in [3.63, 3.8) is 0 Å². The first kappa shape index (κ1) is 13.1. The van der Waals surface area contributed by atoms with Crippen molar-refractivity contribution in [3.05, 3.63) is 0 Å². The molecule has 6 nitrogen and oxygen atoms in total. The molecule has 2 rings (SSSR count). The van der Waals surface area contributed by atoms with Crippen LogP contribution in [0.1, 0.15) is 25.7 Å². The number of carbonyl (C=O) groups is 2. The van der Waals surface area contributed by atoms with E-state index in [-0.39, 0.29) is 24.4 Å². The Bertz CT molecular complexity index is 335. The van der Waals surface area contributed by atoms with E-state index in [0.29, 0.717) is 19.6 Å². The summed E-state index contributed by atoms with van der Waals surface area (Å²) in [5.41, 5.74) is 5.86. The van der Waals surface area contributed by atoms with E-state index in [4.69, 9.17) is 10.8 Å². The van der Waals surface area contributed by atoms with Gasteiger partial charge in [-0.25, -0.2) is 4.79 Å². The maximum atomic E-state index is 12.2. The molecular weight excluding hydrogens is 234 g/mol. The third-order valence-corrected chi connectivity index (χ3v) is 3.75. The minimum atomic E-state index is -0.783. The minimum Gasteiger partial charge on any atom is -0.481 e. The van der Waals surface area contributed by atoms with E-state index in [1.54, 1.807) is 9.80 Å². The van der Waals surface area contributed by atoms with Crippen molar-refractivity contribution in [1.82, 2.24) is 9.80 Å². The second kappa shape index (κ2) is 5.56. The largest absolute Gasteiger partial charge is 0.481 e. The van der Waals surface area contributed by atoms with Crippen molar-refractivity contribution in [2.75, 3.05) is 26.2 Å². The van der Waals surface area contributed by atoms with Crippen LogP contribution in [0.5, 0.6) is 0 Å². The molecule has 18 heavy (non-hydrogen) atoms. The summed E-state index contributed by atoms with van der Waals surface area (Å²) in [6.07, 6.45) is 2.88. The average Bonchev–Trinajstić information content (AvgIpc) is 2.75. The summed E-state index contributed by atoms with van der Waals surface area (Å²) in [6.45, 7) is 2.63. The van der Waals surface area contributed by atoms with Gasteiger partial charge in [0.1, 0.15) is 0 Å². The molecule has 2 unspecified atom stereocenters. The number of piperidine rings is 1. The average molecular weight is 255 g/mol. The SMILES string of the molecule is NC1CCCN(C(=O)N2CCC(CC(=O)O)C2)C1. The molecule has 0 aromatic rings. The number of aliphatic carboxylic acids is 1. The zero-order valence-corrected chi connectivity index (χ0v) is 10.5. The Hall–Kier alpha value is -1.30. The summed E-state index contributed by atoms with van der Waals surface area (Å²) in [5.74, 6) is -0.681. The van der Waals surface area contributed by atoms with Gasteiger partial charge in [0, 0.05) is 38.6 Å². The number of carbonyl (C=O) groups excluding carboxylic acids is 1. The number of amides is 2. The first-order valence-corrected chi connectivity index (χ1v) is 6.57. The zero-order chi connectivity index (χ0) is 13.1. The molecule has 0 bridgehead atoms. The van der Waals surface area contributed by atoms with E-state index in [2.05, 4.69) is 0 Å². The molecule has 0 aliphatic carbocycles. The fourth-order valence-corrected chi connectivity index (χ4v) is 2.80. The molecule has 6 heteroatoms. The highest BCUT2D eigenvalue weighted by Gasteiger charge is 2.31. The van der Waals surface area contributed by atoms with Crippen LogP contribution in [0.15, 0.2) is 0 Å². The number of hydrogen-bond donors (Lipinski definition) is 2. The molecule has 2 atom stereocenters. The molecule has 2 amide bonds. The van der Waals surface area contributed by atoms with E-state index in [0.717, 1.165) is 25.8 Å². The van der Waals surface area contributed by atoms with E-state index >= 15 is 0 Å². The van der Waals surface area contributed by atoms with Crippen LogP contribution in [0.4, 0.5) is 4.79 Å². The fraction of sp³-hybridized carbons (Fsp3) is 0.833. The van der Waals surface area contributed by atoms with Gasteiger partial charge in [-0.2, -0.15) is 0 Å². The van der Waals surface area contributed by atoms with Crippen LogP contribution in [0.3, 0.4) is 0 Å². The normalized spacial score (nSPS) is 28.5. The second-order valence-corrected chi connectivity index (χ2v) is 5.33. The number of urea groups is 1. The number of hydrogen-bond acceptors (Lipinski definition) is 3. The molecule has 102 valence electrons. The van der Waals surface area contributed by atoms with Crippen molar-refractivity contribution < 1.29 is 14.7 Å². The number of rotatable bonds is 2. The molecule has 2 aliphatic rings. The third-order valence-electron chi connectivity index (χ3n) is 3.75. The Labute approximate surface area is 107 Å². The van der Waals surface area contributed by atoms with E-state index in [1.165, 1.54) is 0 Å². The Balaban J connectivity index is 1.85. The van der Waals surface area contributed by atoms with Gasteiger partial charge in [-0.3, -0.25) is 4.79 Å². The van der Waals surface area contributed by atoms with Crippen LogP contribution in [0, 0.1) is 5.92 Å². The van der Waals surface area contributed by atoms with E-state index in [1.807, 2.05) is 0 Å². The number of nitrogens with zero attached hydrogens (tertiary/aromatic N) is 2. The highest BCUT2D eigenvalue weighted by Crippen LogP contribution is 2.21. The molecule has 0 spiro atoms. The predicted octanol–water partition coefficient (Wildman–Crippen LogP) is 0.326. The Morgan fingerprint density at radius 2 is 1.89 bits per heavy atom. The quantitative estimate of drug-likeness (QED) is 0.744. The zero-order valence-electron chi connectivity index (χ0n) is 10.5. The lowest BCUT2D eigenvalue weighted by Gasteiger charge is -2.33. The molecule has 0 aromatic heterocycles. The lowest BCUT2D eigenvalue weighted by Crippen LogP contribution is -2.50. The maximum Gasteiger partial charge on any atom is 0.320 e. The highest BCUT2D eigenvalue weighted by molar-refractivity contribution is 5.75. The smallest absolute Gasteiger partial charge is 0.320 e. The number of carboxylic acids is 1. The molecular formula is C12H21N3O3. The summed E-state index contributed by atoms with van der Waals surface area (Å²) in [7, 11) is 0. The van der Waals surface area contributed by atoms with Gasteiger partial charge < -0.3 is 20.6 Å². The van der Waals surface area contributed by atoms with Gasteiger partial charge in [-0.05, 0) is 25.2 Å². The van der Waals surface area contributed by atoms with Crippen LogP contribution in [0.25, 0.3) is 0 Å². The standard InChI is InChI=1S/C12H21N3O3/c13-10-2-1-4-14(8-10)12(18)15-5-3-9(7-15)6-11(16)17/h9-10H,1-8,13H2,(H,16,17). The lowest BCUT2D eigenvalue weighted by molar-refractivity contribution is -0.138. The number of nitrogens with two attached hydrogens (primary N) is 1. The first-order valence-electron chi connectivity index (χ1n) is 6.57. The Morgan fingerprint density at radius 1 is 1.17 bits per heavy atom. The molecule has 0 radical (unpaired) electrons.